The summed E-state index contributed by atoms with van der Waals surface area (Å²) >= 11 is 1.34. The Labute approximate surface area is 206 Å². The number of amides is 1. The van der Waals surface area contributed by atoms with Gasteiger partial charge >= 0.3 is 0 Å². The number of rotatable bonds is 8. The number of benzene rings is 2. The van der Waals surface area contributed by atoms with E-state index in [0.717, 1.165) is 16.5 Å². The van der Waals surface area contributed by atoms with Crippen molar-refractivity contribution in [3.63, 3.8) is 0 Å². The topological polar surface area (TPSA) is 82.0 Å². The Morgan fingerprint density at radius 3 is 2.63 bits per heavy atom. The molecular formula is C26H24FN3O4S. The van der Waals surface area contributed by atoms with Crippen molar-refractivity contribution in [2.75, 3.05) is 27.9 Å². The van der Waals surface area contributed by atoms with Crippen LogP contribution < -0.4 is 14.8 Å². The molecule has 0 bridgehead atoms. The lowest BCUT2D eigenvalue weighted by Crippen LogP contribution is -2.30. The van der Waals surface area contributed by atoms with Crippen LogP contribution in [0.15, 0.2) is 59.1 Å². The first kappa shape index (κ1) is 24.2. The van der Waals surface area contributed by atoms with Gasteiger partial charge in [-0.05, 0) is 48.9 Å². The molecule has 4 rings (SSSR count). The molecule has 2 aromatic heterocycles. The second-order valence-electron chi connectivity index (χ2n) is 7.65. The van der Waals surface area contributed by atoms with Crippen LogP contribution >= 0.6 is 11.3 Å². The van der Waals surface area contributed by atoms with Crippen LogP contribution in [-0.2, 0) is 4.84 Å². The van der Waals surface area contributed by atoms with Crippen LogP contribution in [0.1, 0.15) is 21.6 Å². The maximum absolute atomic E-state index is 14.2. The molecule has 0 unspecified atom stereocenters. The average molecular weight is 494 g/mol. The van der Waals surface area contributed by atoms with Crippen molar-refractivity contribution in [2.24, 2.45) is 5.16 Å². The minimum atomic E-state index is -0.318. The van der Waals surface area contributed by atoms with Crippen molar-refractivity contribution in [3.05, 3.63) is 76.5 Å². The van der Waals surface area contributed by atoms with Gasteiger partial charge in [0.2, 0.25) is 0 Å². The lowest BCUT2D eigenvalue weighted by molar-refractivity contribution is 0.0958. The van der Waals surface area contributed by atoms with Gasteiger partial charge in [-0.25, -0.2) is 9.37 Å². The molecule has 0 radical (unpaired) electrons. The Hall–Kier alpha value is -3.98. The Bertz CT molecular complexity index is 1420. The first-order valence-corrected chi connectivity index (χ1v) is 11.6. The van der Waals surface area contributed by atoms with E-state index in [1.54, 1.807) is 24.3 Å². The van der Waals surface area contributed by atoms with Crippen molar-refractivity contribution in [1.29, 1.82) is 0 Å². The third-order valence-electron chi connectivity index (χ3n) is 5.36. The number of aromatic nitrogens is 1. The quantitative estimate of drug-likeness (QED) is 0.269. The van der Waals surface area contributed by atoms with E-state index in [9.17, 15) is 9.18 Å². The van der Waals surface area contributed by atoms with Crippen molar-refractivity contribution in [1.82, 2.24) is 10.3 Å². The highest BCUT2D eigenvalue weighted by atomic mass is 32.1. The van der Waals surface area contributed by atoms with Crippen molar-refractivity contribution >= 4 is 33.0 Å². The van der Waals surface area contributed by atoms with Crippen LogP contribution in [0.2, 0.25) is 0 Å². The molecule has 35 heavy (non-hydrogen) atoms. The molecule has 0 aliphatic heterocycles. The molecule has 1 N–H and O–H groups in total. The average Bonchev–Trinajstić information content (AvgIpc) is 3.31. The normalized spacial score (nSPS) is 11.4. The summed E-state index contributed by atoms with van der Waals surface area (Å²) in [5.74, 6) is 0.409. The molecule has 0 saturated heterocycles. The van der Waals surface area contributed by atoms with Gasteiger partial charge < -0.3 is 19.6 Å². The molecule has 4 aromatic rings. The number of halogens is 1. The van der Waals surface area contributed by atoms with Crippen LogP contribution in [0.4, 0.5) is 4.39 Å². The lowest BCUT2D eigenvalue weighted by Gasteiger charge is -2.12. The van der Waals surface area contributed by atoms with Crippen LogP contribution in [0.5, 0.6) is 11.5 Å². The lowest BCUT2D eigenvalue weighted by atomic mass is 10.1. The molecule has 9 heteroatoms. The van der Waals surface area contributed by atoms with E-state index >= 15 is 0 Å². The zero-order valence-electron chi connectivity index (χ0n) is 19.7. The van der Waals surface area contributed by atoms with E-state index in [1.807, 2.05) is 30.5 Å². The zero-order chi connectivity index (χ0) is 24.9. The highest BCUT2D eigenvalue weighted by Crippen LogP contribution is 2.35. The minimum absolute atomic E-state index is 0.0793. The summed E-state index contributed by atoms with van der Waals surface area (Å²) < 4.78 is 25.3. The largest absolute Gasteiger partial charge is 0.493 e. The molecule has 180 valence electrons. The fourth-order valence-corrected chi connectivity index (χ4v) is 4.67. The van der Waals surface area contributed by atoms with Crippen LogP contribution in [0.3, 0.4) is 0 Å². The Balaban J connectivity index is 1.61. The van der Waals surface area contributed by atoms with Crippen LogP contribution in [-0.4, -0.2) is 44.5 Å². The molecule has 0 atom stereocenters. The van der Waals surface area contributed by atoms with E-state index in [-0.39, 0.29) is 18.3 Å². The fourth-order valence-electron chi connectivity index (χ4n) is 3.70. The van der Waals surface area contributed by atoms with Gasteiger partial charge in [0.25, 0.3) is 5.91 Å². The van der Waals surface area contributed by atoms with E-state index in [2.05, 4.69) is 10.5 Å². The summed E-state index contributed by atoms with van der Waals surface area (Å²) in [7, 11) is 4.47. The van der Waals surface area contributed by atoms with E-state index < -0.39 is 0 Å². The van der Waals surface area contributed by atoms with Crippen LogP contribution in [0.25, 0.3) is 21.3 Å². The molecule has 0 aliphatic rings. The number of pyridine rings is 1. The minimum Gasteiger partial charge on any atom is -0.493 e. The van der Waals surface area contributed by atoms with Gasteiger partial charge in [0.15, 0.2) is 11.5 Å². The number of fused-ring (bicyclic) bond motifs is 1. The number of thiophene rings is 1. The van der Waals surface area contributed by atoms with Crippen molar-refractivity contribution in [2.45, 2.75) is 6.92 Å². The summed E-state index contributed by atoms with van der Waals surface area (Å²) in [6, 6.07) is 13.7. The summed E-state index contributed by atoms with van der Waals surface area (Å²) in [5.41, 5.74) is 3.86. The number of oxime groups is 1. The van der Waals surface area contributed by atoms with Crippen molar-refractivity contribution in [3.8, 4) is 22.8 Å². The zero-order valence-corrected chi connectivity index (χ0v) is 20.5. The number of nitrogens with zero attached hydrogens (tertiary/aromatic N) is 2. The highest BCUT2D eigenvalue weighted by molar-refractivity contribution is 7.17. The summed E-state index contributed by atoms with van der Waals surface area (Å²) in [4.78, 5) is 22.6. The Kier molecular flexibility index (Phi) is 7.26. The number of carbonyl (C=O) groups excluding carboxylic acids is 1. The predicted molar refractivity (Wildman–Crippen MR) is 135 cm³/mol. The van der Waals surface area contributed by atoms with Gasteiger partial charge in [-0.2, -0.15) is 0 Å². The molecule has 2 aromatic carbocycles. The summed E-state index contributed by atoms with van der Waals surface area (Å²) in [5, 5.41) is 9.64. The molecule has 0 spiro atoms. The third kappa shape index (κ3) is 5.09. The van der Waals surface area contributed by atoms with E-state index in [1.165, 1.54) is 38.7 Å². The highest BCUT2D eigenvalue weighted by Gasteiger charge is 2.16. The van der Waals surface area contributed by atoms with Gasteiger partial charge in [-0.15, -0.1) is 11.3 Å². The maximum atomic E-state index is 14.2. The molecule has 0 saturated carbocycles. The molecule has 0 aliphatic carbocycles. The first-order chi connectivity index (χ1) is 16.9. The van der Waals surface area contributed by atoms with Gasteiger partial charge in [0, 0.05) is 21.9 Å². The second-order valence-corrected chi connectivity index (χ2v) is 8.53. The summed E-state index contributed by atoms with van der Waals surface area (Å²) in [6.07, 6.45) is 0. The Morgan fingerprint density at radius 1 is 1.09 bits per heavy atom. The molecule has 1 amide bonds. The molecule has 7 nitrogen and oxygen atoms in total. The van der Waals surface area contributed by atoms with Gasteiger partial charge in [0.05, 0.1) is 36.9 Å². The molecule has 0 fully saturated rings. The first-order valence-electron chi connectivity index (χ1n) is 10.7. The number of carbonyl (C=O) groups is 1. The molecular weight excluding hydrogens is 469 g/mol. The third-order valence-corrected chi connectivity index (χ3v) is 6.36. The number of hydrogen-bond donors (Lipinski definition) is 1. The number of hydrogen-bond acceptors (Lipinski definition) is 7. The van der Waals surface area contributed by atoms with Crippen LogP contribution in [0, 0.1) is 12.7 Å². The standard InChI is InChI=1S/C26H24FN3O4S/c1-15-10-20(18-14-35-25-17(18)6-5-7-19(25)27)29-21(11-15)22(30-34-4)13-28-26(31)16-8-9-23(32-2)24(12-16)33-3/h5-12,14H,13H2,1-4H3,(H,28,31). The van der Waals surface area contributed by atoms with E-state index in [4.69, 9.17) is 19.3 Å². The van der Waals surface area contributed by atoms with Gasteiger partial charge in [-0.1, -0.05) is 17.3 Å². The Morgan fingerprint density at radius 2 is 1.89 bits per heavy atom. The number of nitrogens with one attached hydrogen (secondary N) is 1. The van der Waals surface area contributed by atoms with Crippen molar-refractivity contribution < 1.29 is 23.5 Å². The van der Waals surface area contributed by atoms with E-state index in [0.29, 0.717) is 38.9 Å². The maximum Gasteiger partial charge on any atom is 0.251 e. The number of methoxy groups -OCH3 is 2. The van der Waals surface area contributed by atoms with Gasteiger partial charge in [-0.3, -0.25) is 4.79 Å². The second kappa shape index (κ2) is 10.5. The summed E-state index contributed by atoms with van der Waals surface area (Å²) in [6.45, 7) is 2.02. The van der Waals surface area contributed by atoms with Gasteiger partial charge in [0.1, 0.15) is 18.6 Å². The number of aryl methyl sites for hydroxylation is 1. The smallest absolute Gasteiger partial charge is 0.251 e. The number of ether oxygens (including phenoxy) is 2. The SMILES string of the molecule is CON=C(CNC(=O)c1ccc(OC)c(OC)c1)c1cc(C)cc(-c2csc3c(F)cccc23)n1. The molecule has 2 heterocycles. The monoisotopic (exact) mass is 493 g/mol. The fraction of sp³-hybridized carbons (Fsp3) is 0.192. The predicted octanol–water partition coefficient (Wildman–Crippen LogP) is 5.21.